The number of anilines is 1. The van der Waals surface area contributed by atoms with Gasteiger partial charge in [-0.3, -0.25) is 4.90 Å². The Morgan fingerprint density at radius 1 is 1.30 bits per heavy atom. The third-order valence-electron chi connectivity index (χ3n) is 4.78. The van der Waals surface area contributed by atoms with Crippen molar-refractivity contribution in [3.05, 3.63) is 47.1 Å². The number of nitrogens with zero attached hydrogens (tertiary/aromatic N) is 3. The number of halogens is 1. The molecule has 0 atom stereocenters. The maximum atomic E-state index is 6.18. The molecule has 0 saturated carbocycles. The van der Waals surface area contributed by atoms with Gasteiger partial charge in [0.15, 0.2) is 5.58 Å². The molecule has 0 unspecified atom stereocenters. The van der Waals surface area contributed by atoms with Crippen LogP contribution in [0.15, 0.2) is 40.9 Å². The van der Waals surface area contributed by atoms with Gasteiger partial charge in [0.05, 0.1) is 11.6 Å². The van der Waals surface area contributed by atoms with E-state index in [4.69, 9.17) is 20.8 Å². The molecule has 1 aromatic carbocycles. The summed E-state index contributed by atoms with van der Waals surface area (Å²) in [5.41, 5.74) is 2.58. The number of nitrogens with one attached hydrogen (secondary N) is 1. The third kappa shape index (κ3) is 4.34. The summed E-state index contributed by atoms with van der Waals surface area (Å²) in [5.74, 6) is 0.762. The van der Waals surface area contributed by atoms with Crippen molar-refractivity contribution in [2.75, 3.05) is 25.0 Å². The van der Waals surface area contributed by atoms with Crippen LogP contribution in [0.25, 0.3) is 11.2 Å². The predicted octanol–water partition coefficient (Wildman–Crippen LogP) is 4.35. The number of pyridine rings is 1. The molecule has 4 rings (SSSR count). The lowest BCUT2D eigenvalue weighted by molar-refractivity contribution is 0.210. The van der Waals surface area contributed by atoms with Gasteiger partial charge in [-0.05, 0) is 49.6 Å². The largest absolute Gasteiger partial charge is 0.492 e. The second kappa shape index (κ2) is 8.15. The molecule has 0 spiro atoms. The topological polar surface area (TPSA) is 63.4 Å². The average molecular weight is 387 g/mol. The average Bonchev–Trinajstić information content (AvgIpc) is 3.08. The van der Waals surface area contributed by atoms with Crippen molar-refractivity contribution in [1.29, 1.82) is 0 Å². The number of ether oxygens (including phenoxy) is 1. The van der Waals surface area contributed by atoms with Gasteiger partial charge in [-0.1, -0.05) is 17.7 Å². The summed E-state index contributed by atoms with van der Waals surface area (Å²) in [4.78, 5) is 11.1. The summed E-state index contributed by atoms with van der Waals surface area (Å²) in [5, 5.41) is 4.07. The lowest BCUT2D eigenvalue weighted by Crippen LogP contribution is -2.38. The fraction of sp³-hybridized carbons (Fsp3) is 0.400. The van der Waals surface area contributed by atoms with E-state index >= 15 is 0 Å². The molecule has 1 aliphatic rings. The fourth-order valence-electron chi connectivity index (χ4n) is 3.41. The third-order valence-corrected chi connectivity index (χ3v) is 5.09. The Hall–Kier alpha value is -2.31. The molecule has 2 aromatic heterocycles. The molecule has 1 N–H and O–H groups in total. The number of hydrogen-bond acceptors (Lipinski definition) is 6. The Labute approximate surface area is 163 Å². The quantitative estimate of drug-likeness (QED) is 0.679. The Kier molecular flexibility index (Phi) is 5.45. The second-order valence-electron chi connectivity index (χ2n) is 6.74. The van der Waals surface area contributed by atoms with Crippen molar-refractivity contribution in [2.45, 2.75) is 32.4 Å². The molecule has 1 saturated heterocycles. The first-order valence-electron chi connectivity index (χ1n) is 9.33. The molecule has 3 heterocycles. The lowest BCUT2D eigenvalue weighted by Gasteiger charge is -2.32. The van der Waals surface area contributed by atoms with Crippen LogP contribution in [-0.2, 0) is 6.54 Å². The van der Waals surface area contributed by atoms with Gasteiger partial charge in [0, 0.05) is 31.9 Å². The second-order valence-corrected chi connectivity index (χ2v) is 7.14. The summed E-state index contributed by atoms with van der Waals surface area (Å²) in [6.45, 7) is 5.52. The van der Waals surface area contributed by atoms with Gasteiger partial charge in [-0.2, -0.15) is 4.98 Å². The van der Waals surface area contributed by atoms with Crippen LogP contribution in [0.1, 0.15) is 25.3 Å². The van der Waals surface area contributed by atoms with E-state index in [-0.39, 0.29) is 0 Å². The number of aromatic nitrogens is 2. The van der Waals surface area contributed by atoms with E-state index in [0.29, 0.717) is 34.9 Å². The zero-order valence-corrected chi connectivity index (χ0v) is 16.1. The molecule has 0 amide bonds. The molecule has 142 valence electrons. The summed E-state index contributed by atoms with van der Waals surface area (Å²) >= 11 is 6.18. The molecule has 0 radical (unpaired) electrons. The molecule has 7 heteroatoms. The van der Waals surface area contributed by atoms with Crippen LogP contribution >= 0.6 is 11.6 Å². The number of rotatable bonds is 6. The first-order chi connectivity index (χ1) is 13.2. The highest BCUT2D eigenvalue weighted by Gasteiger charge is 2.21. The van der Waals surface area contributed by atoms with Gasteiger partial charge in [0.25, 0.3) is 6.01 Å². The Bertz CT molecular complexity index is 873. The van der Waals surface area contributed by atoms with Crippen LogP contribution in [0, 0.1) is 0 Å². The van der Waals surface area contributed by atoms with Gasteiger partial charge in [0.2, 0.25) is 5.65 Å². The smallest absolute Gasteiger partial charge is 0.297 e. The molecular weight excluding hydrogens is 364 g/mol. The first-order valence-corrected chi connectivity index (χ1v) is 9.70. The fourth-order valence-corrected chi connectivity index (χ4v) is 3.58. The molecule has 6 nitrogen and oxygen atoms in total. The maximum Gasteiger partial charge on any atom is 0.297 e. The van der Waals surface area contributed by atoms with E-state index < -0.39 is 0 Å². The van der Waals surface area contributed by atoms with Gasteiger partial charge in [0.1, 0.15) is 5.75 Å². The van der Waals surface area contributed by atoms with Crippen LogP contribution in [0.3, 0.4) is 0 Å². The van der Waals surface area contributed by atoms with Crippen LogP contribution in [0.4, 0.5) is 6.01 Å². The van der Waals surface area contributed by atoms with E-state index in [9.17, 15) is 0 Å². The van der Waals surface area contributed by atoms with Crippen LogP contribution in [0.5, 0.6) is 5.75 Å². The van der Waals surface area contributed by atoms with Gasteiger partial charge in [-0.15, -0.1) is 0 Å². The van der Waals surface area contributed by atoms with Crippen molar-refractivity contribution < 1.29 is 9.15 Å². The number of likely N-dealkylation sites (tertiary alicyclic amines) is 1. The van der Waals surface area contributed by atoms with Crippen LogP contribution < -0.4 is 10.1 Å². The van der Waals surface area contributed by atoms with E-state index in [2.05, 4.69) is 26.3 Å². The Morgan fingerprint density at radius 2 is 2.15 bits per heavy atom. The van der Waals surface area contributed by atoms with Gasteiger partial charge < -0.3 is 14.5 Å². The number of piperidine rings is 1. The van der Waals surface area contributed by atoms with Crippen molar-refractivity contribution >= 4 is 28.8 Å². The SMILES string of the molecule is CCOc1cc(CN2CCC(Nc3nc4ncccc4o3)CC2)ccc1Cl. The van der Waals surface area contributed by atoms with E-state index in [1.165, 1.54) is 5.56 Å². The minimum Gasteiger partial charge on any atom is -0.492 e. The highest BCUT2D eigenvalue weighted by molar-refractivity contribution is 6.32. The monoisotopic (exact) mass is 386 g/mol. The summed E-state index contributed by atoms with van der Waals surface area (Å²) in [6, 6.07) is 10.7. The van der Waals surface area contributed by atoms with Crippen molar-refractivity contribution in [2.24, 2.45) is 0 Å². The highest BCUT2D eigenvalue weighted by atomic mass is 35.5. The number of hydrogen-bond donors (Lipinski definition) is 1. The molecule has 0 bridgehead atoms. The number of benzene rings is 1. The normalized spacial score (nSPS) is 15.9. The van der Waals surface area contributed by atoms with Crippen molar-refractivity contribution in [1.82, 2.24) is 14.9 Å². The summed E-state index contributed by atoms with van der Waals surface area (Å²) in [7, 11) is 0. The lowest BCUT2D eigenvalue weighted by atomic mass is 10.0. The van der Waals surface area contributed by atoms with Crippen molar-refractivity contribution in [3.8, 4) is 5.75 Å². The molecular formula is C20H23ClN4O2. The van der Waals surface area contributed by atoms with E-state index in [1.54, 1.807) is 6.20 Å². The van der Waals surface area contributed by atoms with Crippen molar-refractivity contribution in [3.63, 3.8) is 0 Å². The Morgan fingerprint density at radius 3 is 2.93 bits per heavy atom. The maximum absolute atomic E-state index is 6.18. The molecule has 3 aromatic rings. The highest BCUT2D eigenvalue weighted by Crippen LogP contribution is 2.27. The van der Waals surface area contributed by atoms with Gasteiger partial charge in [-0.25, -0.2) is 4.98 Å². The van der Waals surface area contributed by atoms with E-state index in [0.717, 1.165) is 38.2 Å². The molecule has 27 heavy (non-hydrogen) atoms. The van der Waals surface area contributed by atoms with Crippen LogP contribution in [0.2, 0.25) is 5.02 Å². The number of fused-ring (bicyclic) bond motifs is 1. The minimum atomic E-state index is 0.360. The number of oxazole rings is 1. The molecule has 1 aliphatic heterocycles. The Balaban J connectivity index is 1.31. The zero-order chi connectivity index (χ0) is 18.6. The first kappa shape index (κ1) is 18.1. The minimum absolute atomic E-state index is 0.360. The summed E-state index contributed by atoms with van der Waals surface area (Å²) in [6.07, 6.45) is 3.80. The van der Waals surface area contributed by atoms with E-state index in [1.807, 2.05) is 31.2 Å². The molecule has 1 fully saturated rings. The zero-order valence-electron chi connectivity index (χ0n) is 15.3. The predicted molar refractivity (Wildman–Crippen MR) is 106 cm³/mol. The standard InChI is InChI=1S/C20H23ClN4O2/c1-2-26-18-12-14(5-6-16(18)21)13-25-10-7-15(8-11-25)23-20-24-19-17(27-20)4-3-9-22-19/h3-6,9,12,15H,2,7-8,10-11,13H2,1H3,(H,22,23,24). The molecule has 0 aliphatic carbocycles. The summed E-state index contributed by atoms with van der Waals surface area (Å²) < 4.78 is 11.3. The van der Waals surface area contributed by atoms with Gasteiger partial charge >= 0.3 is 0 Å². The van der Waals surface area contributed by atoms with Crippen LogP contribution in [-0.4, -0.2) is 40.6 Å².